The highest BCUT2D eigenvalue weighted by Gasteiger charge is 2.47. The number of aliphatic hydroxyl groups is 1. The second-order valence-corrected chi connectivity index (χ2v) is 9.19. The molecule has 0 aliphatic carbocycles. The van der Waals surface area contributed by atoms with Crippen LogP contribution in [0, 0.1) is 5.82 Å². The van der Waals surface area contributed by atoms with E-state index in [0.29, 0.717) is 33.5 Å². The van der Waals surface area contributed by atoms with Crippen LogP contribution in [0.25, 0.3) is 28.6 Å². The van der Waals surface area contributed by atoms with Crippen LogP contribution in [0.4, 0.5) is 10.2 Å². The number of nitrogens with zero attached hydrogens (tertiary/aromatic N) is 6. The van der Waals surface area contributed by atoms with E-state index in [9.17, 15) is 19.1 Å². The molecule has 11 heteroatoms. The lowest BCUT2D eigenvalue weighted by atomic mass is 9.85. The second kappa shape index (κ2) is 9.75. The minimum atomic E-state index is -1.06. The smallest absolute Gasteiger partial charge is 0.330 e. The Kier molecular flexibility index (Phi) is 6.45. The Morgan fingerprint density at radius 3 is 2.71 bits per heavy atom. The quantitative estimate of drug-likeness (QED) is 0.293. The highest BCUT2D eigenvalue weighted by atomic mass is 19.1. The summed E-state index contributed by atoms with van der Waals surface area (Å²) in [5.41, 5.74) is 1.00. The third-order valence-electron chi connectivity index (χ3n) is 6.38. The van der Waals surface area contributed by atoms with Gasteiger partial charge in [-0.2, -0.15) is 5.10 Å². The summed E-state index contributed by atoms with van der Waals surface area (Å²) in [5.74, 6) is -0.915. The third kappa shape index (κ3) is 4.20. The minimum absolute atomic E-state index is 0.120. The Hall–Kier alpha value is -4.51. The molecule has 1 aliphatic heterocycles. The first-order valence-corrected chi connectivity index (χ1v) is 12.0. The number of benzene rings is 1. The fourth-order valence-corrected chi connectivity index (χ4v) is 4.57. The largest absolute Gasteiger partial charge is 0.463 e. The number of carbonyl (C=O) groups is 2. The number of esters is 1. The van der Waals surface area contributed by atoms with Crippen LogP contribution in [0.5, 0.6) is 0 Å². The molecule has 1 aromatic carbocycles. The Bertz CT molecular complexity index is 1600. The van der Waals surface area contributed by atoms with E-state index >= 15 is 0 Å². The number of fused-ring (bicyclic) bond motifs is 2. The topological polar surface area (TPSA) is 123 Å². The summed E-state index contributed by atoms with van der Waals surface area (Å²) in [6, 6.07) is 9.94. The number of halogens is 1. The molecule has 1 aliphatic rings. The van der Waals surface area contributed by atoms with Gasteiger partial charge in [0.15, 0.2) is 11.5 Å². The van der Waals surface area contributed by atoms with Gasteiger partial charge < -0.3 is 9.84 Å². The van der Waals surface area contributed by atoms with Crippen LogP contribution in [-0.2, 0) is 26.3 Å². The van der Waals surface area contributed by atoms with Crippen LogP contribution in [0.1, 0.15) is 37.6 Å². The van der Waals surface area contributed by atoms with Crippen molar-refractivity contribution in [2.75, 3.05) is 18.2 Å². The Balaban J connectivity index is 1.71. The lowest BCUT2D eigenvalue weighted by Gasteiger charge is -2.17. The van der Waals surface area contributed by atoms with Crippen LogP contribution in [0.2, 0.25) is 0 Å². The third-order valence-corrected chi connectivity index (χ3v) is 6.38. The van der Waals surface area contributed by atoms with Crippen LogP contribution >= 0.6 is 0 Å². The van der Waals surface area contributed by atoms with Crippen LogP contribution in [0.3, 0.4) is 0 Å². The van der Waals surface area contributed by atoms with Crippen LogP contribution in [-0.4, -0.2) is 55.1 Å². The highest BCUT2D eigenvalue weighted by molar-refractivity contribution is 6.08. The van der Waals surface area contributed by atoms with Gasteiger partial charge in [-0.15, -0.1) is 0 Å². The number of anilines is 1. The molecule has 4 heterocycles. The molecule has 0 unspecified atom stereocenters. The highest BCUT2D eigenvalue weighted by Crippen LogP contribution is 2.43. The van der Waals surface area contributed by atoms with Crippen LogP contribution < -0.4 is 4.90 Å². The monoisotopic (exact) mass is 516 g/mol. The van der Waals surface area contributed by atoms with E-state index in [1.165, 1.54) is 23.1 Å². The molecule has 0 atom stereocenters. The molecule has 1 N–H and O–H groups in total. The molecule has 0 radical (unpaired) electrons. The van der Waals surface area contributed by atoms with Crippen molar-refractivity contribution < 1.29 is 23.8 Å². The van der Waals surface area contributed by atoms with E-state index in [1.807, 2.05) is 0 Å². The normalized spacial score (nSPS) is 14.4. The fourth-order valence-electron chi connectivity index (χ4n) is 4.57. The molecule has 0 bridgehead atoms. The summed E-state index contributed by atoms with van der Waals surface area (Å²) >= 11 is 0. The number of carbonyl (C=O) groups excluding carboxylic acids is 2. The number of rotatable bonds is 7. The van der Waals surface area contributed by atoms with Gasteiger partial charge in [-0.1, -0.05) is 18.2 Å². The zero-order valence-corrected chi connectivity index (χ0v) is 21.1. The molecule has 0 spiro atoms. The SMILES string of the molecule is CCOC(=O)/C=C/c1nc(-c2nn(Cc3ccccc3F)c3ncccc23)nc2c1C(C)(C)C(=O)N2CO. The Labute approximate surface area is 217 Å². The summed E-state index contributed by atoms with van der Waals surface area (Å²) < 4.78 is 21.0. The first kappa shape index (κ1) is 25.2. The van der Waals surface area contributed by atoms with Gasteiger partial charge >= 0.3 is 5.97 Å². The average Bonchev–Trinajstić information content (AvgIpc) is 3.36. The van der Waals surface area contributed by atoms with Crippen molar-refractivity contribution in [3.8, 4) is 11.5 Å². The van der Waals surface area contributed by atoms with Crippen LogP contribution in [0.15, 0.2) is 48.7 Å². The lowest BCUT2D eigenvalue weighted by molar-refractivity contribution is -0.137. The van der Waals surface area contributed by atoms with Crippen molar-refractivity contribution >= 4 is 34.8 Å². The Morgan fingerprint density at radius 2 is 1.97 bits per heavy atom. The van der Waals surface area contributed by atoms with E-state index in [0.717, 1.165) is 0 Å². The minimum Gasteiger partial charge on any atom is -0.463 e. The van der Waals surface area contributed by atoms with Gasteiger partial charge in [-0.05, 0) is 45.0 Å². The summed E-state index contributed by atoms with van der Waals surface area (Å²) in [6.07, 6.45) is 4.31. The molecule has 0 saturated carbocycles. The maximum Gasteiger partial charge on any atom is 0.330 e. The Morgan fingerprint density at radius 1 is 1.18 bits per heavy atom. The van der Waals surface area contributed by atoms with E-state index < -0.39 is 18.1 Å². The fraction of sp³-hybridized carbons (Fsp3) is 0.259. The average molecular weight is 517 g/mol. The van der Waals surface area contributed by atoms with E-state index in [1.54, 1.807) is 62.0 Å². The first-order valence-electron chi connectivity index (χ1n) is 12.0. The number of pyridine rings is 1. The number of hydrogen-bond acceptors (Lipinski definition) is 8. The van der Waals surface area contributed by atoms with E-state index in [4.69, 9.17) is 4.74 Å². The van der Waals surface area contributed by atoms with Gasteiger partial charge in [0.25, 0.3) is 0 Å². The van der Waals surface area contributed by atoms with Gasteiger partial charge in [0.05, 0.1) is 29.6 Å². The van der Waals surface area contributed by atoms with Gasteiger partial charge in [0.2, 0.25) is 5.91 Å². The van der Waals surface area contributed by atoms with E-state index in [-0.39, 0.29) is 36.5 Å². The molecule has 0 fully saturated rings. The zero-order chi connectivity index (χ0) is 27.0. The number of hydrogen-bond donors (Lipinski definition) is 1. The van der Waals surface area contributed by atoms with Crippen molar-refractivity contribution in [1.29, 1.82) is 0 Å². The molecule has 194 valence electrons. The second-order valence-electron chi connectivity index (χ2n) is 9.19. The van der Waals surface area contributed by atoms with Gasteiger partial charge in [0, 0.05) is 23.4 Å². The van der Waals surface area contributed by atoms with Crippen molar-refractivity contribution in [1.82, 2.24) is 24.7 Å². The van der Waals surface area contributed by atoms with Crippen molar-refractivity contribution in [3.63, 3.8) is 0 Å². The molecule has 3 aromatic heterocycles. The maximum atomic E-state index is 14.4. The number of aliphatic hydroxyl groups excluding tert-OH is 1. The summed E-state index contributed by atoms with van der Waals surface area (Å²) in [4.78, 5) is 40.1. The molecule has 4 aromatic rings. The maximum absolute atomic E-state index is 14.4. The molecule has 10 nitrogen and oxygen atoms in total. The van der Waals surface area contributed by atoms with E-state index in [2.05, 4.69) is 20.1 Å². The zero-order valence-electron chi connectivity index (χ0n) is 21.1. The molecular weight excluding hydrogens is 491 g/mol. The molecule has 1 amide bonds. The summed E-state index contributed by atoms with van der Waals surface area (Å²) in [5, 5.41) is 15.3. The van der Waals surface area contributed by atoms with Crippen molar-refractivity contribution in [2.45, 2.75) is 32.7 Å². The number of ether oxygens (including phenoxy) is 1. The predicted octanol–water partition coefficient (Wildman–Crippen LogP) is 3.23. The van der Waals surface area contributed by atoms with Gasteiger partial charge in [-0.25, -0.2) is 28.8 Å². The number of amides is 1. The van der Waals surface area contributed by atoms with Gasteiger partial charge in [0.1, 0.15) is 24.1 Å². The first-order chi connectivity index (χ1) is 18.3. The number of aromatic nitrogens is 5. The molecule has 0 saturated heterocycles. The lowest BCUT2D eigenvalue weighted by Crippen LogP contribution is -2.36. The predicted molar refractivity (Wildman–Crippen MR) is 137 cm³/mol. The van der Waals surface area contributed by atoms with Crippen molar-refractivity contribution in [3.05, 3.63) is 71.3 Å². The molecule has 38 heavy (non-hydrogen) atoms. The van der Waals surface area contributed by atoms with Crippen molar-refractivity contribution in [2.24, 2.45) is 0 Å². The molecule has 5 rings (SSSR count). The standard InChI is InChI=1S/C27H25FN6O4/c1-4-38-20(36)12-11-19-21-25(33(15-35)26(37)27(21,2)3)31-23(30-19)22-17-9-7-13-29-24(17)34(32-22)14-16-8-5-6-10-18(16)28/h5-13,35H,4,14-15H2,1-3H3/b12-11+. The summed E-state index contributed by atoms with van der Waals surface area (Å²) in [6.45, 7) is 4.85. The summed E-state index contributed by atoms with van der Waals surface area (Å²) in [7, 11) is 0. The van der Waals surface area contributed by atoms with Gasteiger partial charge in [-0.3, -0.25) is 9.69 Å². The molecular formula is C27H25FN6O4.